The van der Waals surface area contributed by atoms with E-state index in [0.717, 1.165) is 23.3 Å². The highest BCUT2D eigenvalue weighted by atomic mass is 19.4. The predicted octanol–water partition coefficient (Wildman–Crippen LogP) is 4.87. The lowest BCUT2D eigenvalue weighted by Gasteiger charge is -2.14. The maximum atomic E-state index is 13.1. The molecular formula is C20H17F3NO+. The van der Waals surface area contributed by atoms with E-state index in [1.807, 2.05) is 48.1 Å². The van der Waals surface area contributed by atoms with E-state index in [1.165, 1.54) is 13.2 Å². The minimum atomic E-state index is -4.39. The number of alkyl halides is 3. The quantitative estimate of drug-likeness (QED) is 0.618. The fraction of sp³-hybridized carbons (Fsp3) is 0.150. The van der Waals surface area contributed by atoms with Gasteiger partial charge in [0, 0.05) is 0 Å². The van der Waals surface area contributed by atoms with Gasteiger partial charge in [-0.25, -0.2) is 4.57 Å². The maximum Gasteiger partial charge on any atom is 0.416 e. The lowest BCUT2D eigenvalue weighted by molar-refractivity contribution is -0.670. The number of aryl methyl sites for hydroxylation is 1. The van der Waals surface area contributed by atoms with Crippen LogP contribution in [0.5, 0.6) is 5.75 Å². The van der Waals surface area contributed by atoms with Gasteiger partial charge in [0.2, 0.25) is 0 Å². The van der Waals surface area contributed by atoms with Gasteiger partial charge in [-0.2, -0.15) is 13.2 Å². The standard InChI is InChI=1S/C20H17F3NO/c1-24-12-17(14-7-4-3-5-8-14)19(25-2)18(13-24)15-9-6-10-16(11-15)20(21,22)23/h3-13H,1-2H3/q+1. The van der Waals surface area contributed by atoms with Gasteiger partial charge in [0.1, 0.15) is 12.8 Å². The number of halogens is 3. The second kappa shape index (κ2) is 6.59. The van der Waals surface area contributed by atoms with Gasteiger partial charge >= 0.3 is 6.18 Å². The van der Waals surface area contributed by atoms with Crippen molar-refractivity contribution in [3.63, 3.8) is 0 Å². The first-order chi connectivity index (χ1) is 11.9. The predicted molar refractivity (Wildman–Crippen MR) is 90.0 cm³/mol. The zero-order valence-electron chi connectivity index (χ0n) is 13.8. The van der Waals surface area contributed by atoms with E-state index in [2.05, 4.69) is 0 Å². The Morgan fingerprint density at radius 1 is 0.840 bits per heavy atom. The van der Waals surface area contributed by atoms with E-state index in [4.69, 9.17) is 4.74 Å². The van der Waals surface area contributed by atoms with Gasteiger partial charge in [-0.1, -0.05) is 42.5 Å². The number of hydrogen-bond donors (Lipinski definition) is 0. The molecule has 0 radical (unpaired) electrons. The minimum Gasteiger partial charge on any atom is -0.495 e. The SMILES string of the molecule is COc1c(-c2ccccc2)c[n+](C)cc1-c1cccc(C(F)(F)F)c1. The molecule has 25 heavy (non-hydrogen) atoms. The average molecular weight is 344 g/mol. The van der Waals surface area contributed by atoms with Crippen LogP contribution in [0.25, 0.3) is 22.3 Å². The van der Waals surface area contributed by atoms with Crippen molar-refractivity contribution in [1.29, 1.82) is 0 Å². The molecule has 3 rings (SSSR count). The van der Waals surface area contributed by atoms with Crippen LogP contribution in [0.4, 0.5) is 13.2 Å². The summed E-state index contributed by atoms with van der Waals surface area (Å²) < 4.78 is 46.6. The topological polar surface area (TPSA) is 13.1 Å². The molecule has 0 spiro atoms. The lowest BCUT2D eigenvalue weighted by Crippen LogP contribution is -2.27. The third kappa shape index (κ3) is 3.50. The van der Waals surface area contributed by atoms with Crippen LogP contribution in [0, 0.1) is 0 Å². The van der Waals surface area contributed by atoms with E-state index in [1.54, 1.807) is 12.3 Å². The van der Waals surface area contributed by atoms with Crippen LogP contribution in [-0.2, 0) is 13.2 Å². The number of aromatic nitrogens is 1. The first-order valence-corrected chi connectivity index (χ1v) is 7.70. The number of methoxy groups -OCH3 is 1. The van der Waals surface area contributed by atoms with Crippen LogP contribution in [0.2, 0.25) is 0 Å². The summed E-state index contributed by atoms with van der Waals surface area (Å²) in [4.78, 5) is 0. The van der Waals surface area contributed by atoms with Gasteiger partial charge in [0.05, 0.1) is 23.8 Å². The molecule has 0 saturated heterocycles. The highest BCUT2D eigenvalue weighted by molar-refractivity contribution is 5.80. The minimum absolute atomic E-state index is 0.458. The van der Waals surface area contributed by atoms with Crippen molar-refractivity contribution in [2.24, 2.45) is 7.05 Å². The summed E-state index contributed by atoms with van der Waals surface area (Å²) in [5.74, 6) is 0.545. The zero-order valence-corrected chi connectivity index (χ0v) is 13.8. The monoisotopic (exact) mass is 344 g/mol. The Kier molecular flexibility index (Phi) is 4.49. The molecule has 128 valence electrons. The van der Waals surface area contributed by atoms with Crippen molar-refractivity contribution >= 4 is 0 Å². The summed E-state index contributed by atoms with van der Waals surface area (Å²) in [7, 11) is 3.36. The Bertz CT molecular complexity index is 889. The summed E-state index contributed by atoms with van der Waals surface area (Å²) in [6, 6.07) is 14.9. The van der Waals surface area contributed by atoms with Gasteiger partial charge in [-0.3, -0.25) is 0 Å². The molecule has 0 aliphatic rings. The normalized spacial score (nSPS) is 11.4. The summed E-state index contributed by atoms with van der Waals surface area (Å²) in [5, 5.41) is 0. The van der Waals surface area contributed by atoms with Crippen LogP contribution >= 0.6 is 0 Å². The van der Waals surface area contributed by atoms with Gasteiger partial charge in [0.25, 0.3) is 0 Å². The van der Waals surface area contributed by atoms with Crippen molar-refractivity contribution < 1.29 is 22.5 Å². The Morgan fingerprint density at radius 2 is 1.44 bits per heavy atom. The average Bonchev–Trinajstić information content (AvgIpc) is 2.61. The Labute approximate surface area is 144 Å². The first-order valence-electron chi connectivity index (χ1n) is 7.70. The molecule has 0 bridgehead atoms. The Balaban J connectivity index is 2.22. The Hall–Kier alpha value is -2.82. The molecule has 0 unspecified atom stereocenters. The van der Waals surface area contributed by atoms with Crippen LogP contribution in [-0.4, -0.2) is 7.11 Å². The fourth-order valence-electron chi connectivity index (χ4n) is 2.82. The molecule has 2 nitrogen and oxygen atoms in total. The second-order valence-corrected chi connectivity index (χ2v) is 5.73. The molecule has 0 saturated carbocycles. The van der Waals surface area contributed by atoms with Gasteiger partial charge in [0.15, 0.2) is 12.4 Å². The highest BCUT2D eigenvalue weighted by Crippen LogP contribution is 2.39. The molecule has 2 aromatic carbocycles. The van der Waals surface area contributed by atoms with Crippen molar-refractivity contribution in [1.82, 2.24) is 0 Å². The highest BCUT2D eigenvalue weighted by Gasteiger charge is 2.31. The number of benzene rings is 2. The first kappa shape index (κ1) is 17.0. The van der Waals surface area contributed by atoms with Crippen molar-refractivity contribution in [2.45, 2.75) is 6.18 Å². The molecule has 1 heterocycles. The number of rotatable bonds is 3. The van der Waals surface area contributed by atoms with E-state index in [0.29, 0.717) is 16.9 Å². The Morgan fingerprint density at radius 3 is 2.04 bits per heavy atom. The molecule has 1 aromatic heterocycles. The molecule has 0 N–H and O–H groups in total. The van der Waals surface area contributed by atoms with Crippen LogP contribution in [0.1, 0.15) is 5.56 Å². The molecule has 0 aliphatic heterocycles. The molecule has 0 amide bonds. The molecule has 0 atom stereocenters. The largest absolute Gasteiger partial charge is 0.495 e. The van der Waals surface area contributed by atoms with Crippen molar-refractivity contribution in [2.75, 3.05) is 7.11 Å². The molecule has 3 aromatic rings. The summed E-state index contributed by atoms with van der Waals surface area (Å²) in [6.45, 7) is 0. The smallest absolute Gasteiger partial charge is 0.416 e. The molecule has 0 fully saturated rings. The lowest BCUT2D eigenvalue weighted by atomic mass is 9.98. The zero-order chi connectivity index (χ0) is 18.0. The van der Waals surface area contributed by atoms with Crippen molar-refractivity contribution in [3.8, 4) is 28.0 Å². The summed E-state index contributed by atoms with van der Waals surface area (Å²) in [6.07, 6.45) is -0.728. The van der Waals surface area contributed by atoms with E-state index in [9.17, 15) is 13.2 Å². The van der Waals surface area contributed by atoms with E-state index >= 15 is 0 Å². The molecular weight excluding hydrogens is 327 g/mol. The summed E-state index contributed by atoms with van der Waals surface area (Å²) in [5.41, 5.74) is 2.14. The number of nitrogens with zero attached hydrogens (tertiary/aromatic N) is 1. The third-order valence-corrected chi connectivity index (χ3v) is 3.94. The second-order valence-electron chi connectivity index (χ2n) is 5.73. The van der Waals surface area contributed by atoms with Crippen LogP contribution < -0.4 is 9.30 Å². The van der Waals surface area contributed by atoms with E-state index < -0.39 is 11.7 Å². The fourth-order valence-corrected chi connectivity index (χ4v) is 2.82. The van der Waals surface area contributed by atoms with Gasteiger partial charge in [-0.05, 0) is 23.3 Å². The molecule has 5 heteroatoms. The van der Waals surface area contributed by atoms with Gasteiger partial charge < -0.3 is 4.74 Å². The van der Waals surface area contributed by atoms with Gasteiger partial charge in [-0.15, -0.1) is 0 Å². The number of ether oxygens (including phenoxy) is 1. The van der Waals surface area contributed by atoms with Crippen LogP contribution in [0.3, 0.4) is 0 Å². The number of hydrogen-bond acceptors (Lipinski definition) is 1. The van der Waals surface area contributed by atoms with Crippen molar-refractivity contribution in [3.05, 3.63) is 72.6 Å². The molecule has 0 aliphatic carbocycles. The maximum absolute atomic E-state index is 13.1. The van der Waals surface area contributed by atoms with Crippen LogP contribution in [0.15, 0.2) is 67.0 Å². The third-order valence-electron chi connectivity index (χ3n) is 3.94. The number of pyridine rings is 1. The van der Waals surface area contributed by atoms with E-state index in [-0.39, 0.29) is 0 Å². The summed E-state index contributed by atoms with van der Waals surface area (Å²) >= 11 is 0.